The number of halogens is 1. The van der Waals surface area contributed by atoms with Crippen molar-refractivity contribution in [3.8, 4) is 0 Å². The molecular formula is C6H8BClO3. The van der Waals surface area contributed by atoms with Crippen LogP contribution >= 0.6 is 11.6 Å². The summed E-state index contributed by atoms with van der Waals surface area (Å²) in [6.45, 7) is 0. The second-order valence-electron chi connectivity index (χ2n) is 2.35. The van der Waals surface area contributed by atoms with E-state index in [1.807, 2.05) is 0 Å². The second kappa shape index (κ2) is 3.30. The summed E-state index contributed by atoms with van der Waals surface area (Å²) in [7, 11) is -1.58. The molecule has 1 aliphatic carbocycles. The van der Waals surface area contributed by atoms with Crippen molar-refractivity contribution < 1.29 is 15.2 Å². The molecule has 1 unspecified atom stereocenters. The number of hydrogen-bond acceptors (Lipinski definition) is 3. The standard InChI is InChI=1S/C6H8BClO3/c8-6-2-1-4(9)3-5(6)7(10)11/h1,3,6,9-11H,2H2. The van der Waals surface area contributed by atoms with Crippen LogP contribution in [-0.4, -0.2) is 27.7 Å². The summed E-state index contributed by atoms with van der Waals surface area (Å²) in [4.78, 5) is 0. The van der Waals surface area contributed by atoms with Crippen LogP contribution < -0.4 is 0 Å². The first-order chi connectivity index (χ1) is 5.11. The summed E-state index contributed by atoms with van der Waals surface area (Å²) in [6, 6.07) is 0. The van der Waals surface area contributed by atoms with Gasteiger partial charge in [-0.3, -0.25) is 0 Å². The Balaban J connectivity index is 2.81. The maximum atomic E-state index is 8.95. The van der Waals surface area contributed by atoms with E-state index in [9.17, 15) is 0 Å². The van der Waals surface area contributed by atoms with Gasteiger partial charge in [0.1, 0.15) is 5.76 Å². The molecule has 0 heterocycles. The van der Waals surface area contributed by atoms with Crippen LogP contribution in [0.25, 0.3) is 0 Å². The number of aliphatic hydroxyl groups excluding tert-OH is 1. The molecule has 3 N–H and O–H groups in total. The van der Waals surface area contributed by atoms with Gasteiger partial charge in [0.2, 0.25) is 0 Å². The molecule has 0 radical (unpaired) electrons. The summed E-state index contributed by atoms with van der Waals surface area (Å²) in [5.74, 6) is 0.0324. The number of alkyl halides is 1. The Morgan fingerprint density at radius 3 is 2.64 bits per heavy atom. The molecule has 0 bridgehead atoms. The lowest BCUT2D eigenvalue weighted by atomic mass is 9.74. The van der Waals surface area contributed by atoms with E-state index in [2.05, 4.69) is 0 Å². The summed E-state index contributed by atoms with van der Waals surface area (Å²) < 4.78 is 0. The summed E-state index contributed by atoms with van der Waals surface area (Å²) >= 11 is 5.70. The van der Waals surface area contributed by atoms with Gasteiger partial charge in [-0.1, -0.05) is 0 Å². The predicted molar refractivity (Wildman–Crippen MR) is 43.2 cm³/mol. The quantitative estimate of drug-likeness (QED) is 0.398. The molecule has 0 aromatic carbocycles. The van der Waals surface area contributed by atoms with Crippen molar-refractivity contribution in [3.63, 3.8) is 0 Å². The number of hydrogen-bond donors (Lipinski definition) is 3. The van der Waals surface area contributed by atoms with Crippen LogP contribution in [0.5, 0.6) is 0 Å². The highest BCUT2D eigenvalue weighted by Crippen LogP contribution is 2.21. The molecule has 0 saturated carbocycles. The summed E-state index contributed by atoms with van der Waals surface area (Å²) in [6.07, 6.45) is 3.23. The number of aliphatic hydroxyl groups is 1. The van der Waals surface area contributed by atoms with Crippen LogP contribution in [-0.2, 0) is 0 Å². The van der Waals surface area contributed by atoms with Gasteiger partial charge in [0, 0.05) is 0 Å². The Hall–Kier alpha value is -0.445. The molecule has 0 spiro atoms. The van der Waals surface area contributed by atoms with Gasteiger partial charge in [-0.05, 0) is 24.0 Å². The van der Waals surface area contributed by atoms with Crippen molar-refractivity contribution in [2.45, 2.75) is 11.8 Å². The fourth-order valence-electron chi connectivity index (χ4n) is 0.917. The van der Waals surface area contributed by atoms with Crippen molar-refractivity contribution in [1.82, 2.24) is 0 Å². The van der Waals surface area contributed by atoms with E-state index in [1.54, 1.807) is 0 Å². The van der Waals surface area contributed by atoms with E-state index in [4.69, 9.17) is 26.8 Å². The van der Waals surface area contributed by atoms with Crippen molar-refractivity contribution in [2.24, 2.45) is 0 Å². The van der Waals surface area contributed by atoms with Gasteiger partial charge in [-0.15, -0.1) is 11.6 Å². The van der Waals surface area contributed by atoms with Crippen LogP contribution in [0.15, 0.2) is 23.4 Å². The summed E-state index contributed by atoms with van der Waals surface area (Å²) in [5.41, 5.74) is 0.242. The third kappa shape index (κ3) is 1.99. The summed E-state index contributed by atoms with van der Waals surface area (Å²) in [5, 5.41) is 26.0. The molecule has 11 heavy (non-hydrogen) atoms. The van der Waals surface area contributed by atoms with E-state index < -0.39 is 12.5 Å². The van der Waals surface area contributed by atoms with Gasteiger partial charge < -0.3 is 15.2 Å². The molecule has 0 aliphatic heterocycles. The molecule has 0 fully saturated rings. The molecule has 0 amide bonds. The van der Waals surface area contributed by atoms with E-state index in [0.717, 1.165) is 0 Å². The van der Waals surface area contributed by atoms with Crippen LogP contribution in [0.2, 0.25) is 0 Å². The van der Waals surface area contributed by atoms with E-state index in [-0.39, 0.29) is 11.2 Å². The highest BCUT2D eigenvalue weighted by molar-refractivity contribution is 6.53. The molecule has 60 valence electrons. The molecule has 0 aromatic heterocycles. The molecule has 5 heteroatoms. The average Bonchev–Trinajstić information content (AvgIpc) is 1.94. The zero-order valence-electron chi connectivity index (χ0n) is 5.74. The average molecular weight is 174 g/mol. The lowest BCUT2D eigenvalue weighted by molar-refractivity contribution is 0.407. The highest BCUT2D eigenvalue weighted by Gasteiger charge is 2.24. The van der Waals surface area contributed by atoms with Gasteiger partial charge in [-0.25, -0.2) is 0 Å². The SMILES string of the molecule is OB(O)C1=CC(O)=CCC1Cl. The van der Waals surface area contributed by atoms with Crippen molar-refractivity contribution in [3.05, 3.63) is 23.4 Å². The molecule has 1 aliphatic rings. The Kier molecular flexibility index (Phi) is 2.60. The van der Waals surface area contributed by atoms with E-state index >= 15 is 0 Å². The number of allylic oxidation sites excluding steroid dienone is 3. The fourth-order valence-corrected chi connectivity index (χ4v) is 1.18. The van der Waals surface area contributed by atoms with Gasteiger partial charge in [0.05, 0.1) is 5.38 Å². The lowest BCUT2D eigenvalue weighted by Crippen LogP contribution is -2.24. The molecular weight excluding hydrogens is 166 g/mol. The van der Waals surface area contributed by atoms with E-state index in [1.165, 1.54) is 12.2 Å². The topological polar surface area (TPSA) is 60.7 Å². The third-order valence-electron chi connectivity index (χ3n) is 1.51. The monoisotopic (exact) mass is 174 g/mol. The maximum absolute atomic E-state index is 8.95. The van der Waals surface area contributed by atoms with Crippen molar-refractivity contribution in [1.29, 1.82) is 0 Å². The Morgan fingerprint density at radius 1 is 1.55 bits per heavy atom. The minimum atomic E-state index is -1.58. The largest absolute Gasteiger partial charge is 0.508 e. The highest BCUT2D eigenvalue weighted by atomic mass is 35.5. The maximum Gasteiger partial charge on any atom is 0.485 e. The van der Waals surface area contributed by atoms with Crippen molar-refractivity contribution >= 4 is 18.7 Å². The second-order valence-corrected chi connectivity index (χ2v) is 2.88. The van der Waals surface area contributed by atoms with Gasteiger partial charge in [0.15, 0.2) is 0 Å². The molecule has 0 aromatic rings. The fraction of sp³-hybridized carbons (Fsp3) is 0.333. The predicted octanol–water partition coefficient (Wildman–Crippen LogP) is 0.378. The van der Waals surface area contributed by atoms with Crippen LogP contribution in [0, 0.1) is 0 Å². The lowest BCUT2D eigenvalue weighted by Gasteiger charge is -2.15. The van der Waals surface area contributed by atoms with Gasteiger partial charge >= 0.3 is 7.12 Å². The van der Waals surface area contributed by atoms with Crippen molar-refractivity contribution in [2.75, 3.05) is 0 Å². The first-order valence-corrected chi connectivity index (χ1v) is 3.65. The Labute approximate surface area is 69.8 Å². The first-order valence-electron chi connectivity index (χ1n) is 3.22. The van der Waals surface area contributed by atoms with Crippen LogP contribution in [0.1, 0.15) is 6.42 Å². The zero-order valence-corrected chi connectivity index (χ0v) is 6.49. The smallest absolute Gasteiger partial charge is 0.485 e. The Bertz CT molecular complexity index is 212. The molecule has 0 saturated heterocycles. The van der Waals surface area contributed by atoms with E-state index in [0.29, 0.717) is 6.42 Å². The molecule has 1 atom stereocenters. The normalized spacial score (nSPS) is 24.1. The van der Waals surface area contributed by atoms with Gasteiger partial charge in [0.25, 0.3) is 0 Å². The zero-order chi connectivity index (χ0) is 8.43. The molecule has 3 nitrogen and oxygen atoms in total. The number of rotatable bonds is 1. The minimum Gasteiger partial charge on any atom is -0.508 e. The molecule has 1 rings (SSSR count). The van der Waals surface area contributed by atoms with Crippen LogP contribution in [0.3, 0.4) is 0 Å². The Morgan fingerprint density at radius 2 is 2.18 bits per heavy atom. The van der Waals surface area contributed by atoms with Crippen LogP contribution in [0.4, 0.5) is 0 Å². The minimum absolute atomic E-state index is 0.0324. The van der Waals surface area contributed by atoms with Gasteiger partial charge in [-0.2, -0.15) is 0 Å². The third-order valence-corrected chi connectivity index (χ3v) is 1.94. The first kappa shape index (κ1) is 8.65.